The second-order valence-electron chi connectivity index (χ2n) is 3.88. The number of rotatable bonds is 3. The van der Waals surface area contributed by atoms with Crippen LogP contribution in [-0.2, 0) is 9.84 Å². The summed E-state index contributed by atoms with van der Waals surface area (Å²) in [6.07, 6.45) is 1.88. The first kappa shape index (κ1) is 13.4. The van der Waals surface area contributed by atoms with Gasteiger partial charge in [-0.3, -0.25) is 0 Å². The first-order valence-electron chi connectivity index (χ1n) is 5.39. The molecule has 1 fully saturated rings. The summed E-state index contributed by atoms with van der Waals surface area (Å²) in [6.45, 7) is 0.911. The first-order valence-corrected chi connectivity index (χ1v) is 8.44. The maximum atomic E-state index is 11.4. The van der Waals surface area contributed by atoms with Gasteiger partial charge in [0.1, 0.15) is 11.6 Å². The van der Waals surface area contributed by atoms with Crippen LogP contribution in [0.4, 0.5) is 11.6 Å². The number of hydrogen-bond acceptors (Lipinski definition) is 8. The molecule has 1 aliphatic heterocycles. The number of nitrogens with two attached hydrogens (primary N) is 1. The Morgan fingerprint density at radius 2 is 2.06 bits per heavy atom. The van der Waals surface area contributed by atoms with E-state index in [9.17, 15) is 8.42 Å². The van der Waals surface area contributed by atoms with Crippen LogP contribution in [0.5, 0.6) is 0 Å². The van der Waals surface area contributed by atoms with Crippen LogP contribution in [0, 0.1) is 0 Å². The molecule has 1 aromatic rings. The van der Waals surface area contributed by atoms with Crippen LogP contribution >= 0.6 is 11.8 Å². The molecule has 18 heavy (non-hydrogen) atoms. The SMILES string of the molecule is CSc1nc(NN)cc(N2CCS(=O)(=O)CC2)n1. The molecule has 3 N–H and O–H groups in total. The molecule has 2 rings (SSSR count). The summed E-state index contributed by atoms with van der Waals surface area (Å²) >= 11 is 1.41. The van der Waals surface area contributed by atoms with Crippen molar-refractivity contribution in [2.45, 2.75) is 5.16 Å². The van der Waals surface area contributed by atoms with E-state index in [1.165, 1.54) is 11.8 Å². The molecule has 2 heterocycles. The highest BCUT2D eigenvalue weighted by molar-refractivity contribution is 7.98. The van der Waals surface area contributed by atoms with Crippen LogP contribution in [0.15, 0.2) is 11.2 Å². The molecule has 0 amide bonds. The second-order valence-corrected chi connectivity index (χ2v) is 6.96. The van der Waals surface area contributed by atoms with Crippen molar-refractivity contribution in [2.24, 2.45) is 5.84 Å². The summed E-state index contributed by atoms with van der Waals surface area (Å²) in [5.74, 6) is 6.91. The Bertz CT molecular complexity index is 498. The molecule has 0 spiro atoms. The predicted molar refractivity (Wildman–Crippen MR) is 72.5 cm³/mol. The lowest BCUT2D eigenvalue weighted by Crippen LogP contribution is -2.40. The molecule has 0 radical (unpaired) electrons. The van der Waals surface area contributed by atoms with Crippen LogP contribution in [0.25, 0.3) is 0 Å². The number of hydrazine groups is 1. The van der Waals surface area contributed by atoms with Crippen molar-refractivity contribution in [3.63, 3.8) is 0 Å². The minimum Gasteiger partial charge on any atom is -0.354 e. The van der Waals surface area contributed by atoms with E-state index in [1.54, 1.807) is 6.07 Å². The van der Waals surface area contributed by atoms with E-state index in [4.69, 9.17) is 5.84 Å². The third-order valence-electron chi connectivity index (χ3n) is 2.69. The van der Waals surface area contributed by atoms with Gasteiger partial charge in [0.2, 0.25) is 0 Å². The van der Waals surface area contributed by atoms with E-state index in [2.05, 4.69) is 15.4 Å². The Labute approximate surface area is 110 Å². The maximum absolute atomic E-state index is 11.4. The van der Waals surface area contributed by atoms with Gasteiger partial charge >= 0.3 is 0 Å². The zero-order chi connectivity index (χ0) is 13.2. The zero-order valence-corrected chi connectivity index (χ0v) is 11.6. The summed E-state index contributed by atoms with van der Waals surface area (Å²) < 4.78 is 22.8. The van der Waals surface area contributed by atoms with E-state index >= 15 is 0 Å². The van der Waals surface area contributed by atoms with Gasteiger partial charge in [-0.05, 0) is 6.26 Å². The van der Waals surface area contributed by atoms with Gasteiger partial charge in [-0.2, -0.15) is 0 Å². The molecule has 1 aliphatic rings. The average molecular weight is 289 g/mol. The predicted octanol–water partition coefficient (Wildman–Crippen LogP) is -0.281. The van der Waals surface area contributed by atoms with Crippen molar-refractivity contribution in [3.05, 3.63) is 6.07 Å². The smallest absolute Gasteiger partial charge is 0.191 e. The lowest BCUT2D eigenvalue weighted by Gasteiger charge is -2.28. The fraction of sp³-hybridized carbons (Fsp3) is 0.556. The van der Waals surface area contributed by atoms with Gasteiger partial charge in [0, 0.05) is 19.2 Å². The number of nitrogens with zero attached hydrogens (tertiary/aromatic N) is 3. The van der Waals surface area contributed by atoms with Crippen molar-refractivity contribution >= 4 is 33.2 Å². The van der Waals surface area contributed by atoms with E-state index in [-0.39, 0.29) is 11.5 Å². The van der Waals surface area contributed by atoms with Crippen LogP contribution < -0.4 is 16.2 Å². The number of hydrogen-bond donors (Lipinski definition) is 2. The molecule has 0 atom stereocenters. The van der Waals surface area contributed by atoms with Crippen LogP contribution in [0.2, 0.25) is 0 Å². The van der Waals surface area contributed by atoms with Gasteiger partial charge in [-0.25, -0.2) is 24.2 Å². The fourth-order valence-electron chi connectivity index (χ4n) is 1.68. The minimum atomic E-state index is -2.89. The number of aromatic nitrogens is 2. The molecule has 0 bridgehead atoms. The topological polar surface area (TPSA) is 101 Å². The largest absolute Gasteiger partial charge is 0.354 e. The second kappa shape index (κ2) is 5.29. The normalized spacial score (nSPS) is 18.7. The highest BCUT2D eigenvalue weighted by atomic mass is 32.2. The molecule has 7 nitrogen and oxygen atoms in total. The van der Waals surface area contributed by atoms with Crippen LogP contribution in [-0.4, -0.2) is 49.2 Å². The van der Waals surface area contributed by atoms with Gasteiger partial charge < -0.3 is 10.3 Å². The van der Waals surface area contributed by atoms with Crippen molar-refractivity contribution in [1.29, 1.82) is 0 Å². The van der Waals surface area contributed by atoms with Gasteiger partial charge in [0.15, 0.2) is 15.0 Å². The zero-order valence-electron chi connectivity index (χ0n) is 9.96. The molecule has 0 aliphatic carbocycles. The third-order valence-corrected chi connectivity index (χ3v) is 4.85. The Balaban J connectivity index is 2.23. The van der Waals surface area contributed by atoms with Crippen LogP contribution in [0.1, 0.15) is 0 Å². The lowest BCUT2D eigenvalue weighted by molar-refractivity contribution is 0.586. The number of thioether (sulfide) groups is 1. The number of anilines is 2. The molecular weight excluding hydrogens is 274 g/mol. The van der Waals surface area contributed by atoms with E-state index in [0.29, 0.717) is 29.9 Å². The van der Waals surface area contributed by atoms with Gasteiger partial charge in [-0.1, -0.05) is 11.8 Å². The van der Waals surface area contributed by atoms with Crippen LogP contribution in [0.3, 0.4) is 0 Å². The summed E-state index contributed by atoms with van der Waals surface area (Å²) in [5, 5.41) is 0.605. The number of nitrogen functional groups attached to an aromatic ring is 1. The van der Waals surface area contributed by atoms with Crippen molar-refractivity contribution < 1.29 is 8.42 Å². The van der Waals surface area contributed by atoms with Crippen molar-refractivity contribution in [3.8, 4) is 0 Å². The molecule has 0 saturated carbocycles. The van der Waals surface area contributed by atoms with Gasteiger partial charge in [0.25, 0.3) is 0 Å². The van der Waals surface area contributed by atoms with E-state index in [0.717, 1.165) is 0 Å². The quantitative estimate of drug-likeness (QED) is 0.339. The third kappa shape index (κ3) is 3.03. The molecule has 0 aromatic carbocycles. The summed E-state index contributed by atoms with van der Waals surface area (Å²) in [7, 11) is -2.89. The van der Waals surface area contributed by atoms with E-state index in [1.807, 2.05) is 11.2 Å². The molecular formula is C9H15N5O2S2. The molecule has 1 saturated heterocycles. The highest BCUT2D eigenvalue weighted by Crippen LogP contribution is 2.21. The Kier molecular flexibility index (Phi) is 3.93. The molecule has 1 aromatic heterocycles. The monoisotopic (exact) mass is 289 g/mol. The van der Waals surface area contributed by atoms with Gasteiger partial charge in [0.05, 0.1) is 11.5 Å². The Hall–Kier alpha value is -1.06. The maximum Gasteiger partial charge on any atom is 0.191 e. The van der Waals surface area contributed by atoms with Crippen molar-refractivity contribution in [1.82, 2.24) is 9.97 Å². The lowest BCUT2D eigenvalue weighted by atomic mass is 10.4. The summed E-state index contributed by atoms with van der Waals surface area (Å²) in [4.78, 5) is 10.5. The Morgan fingerprint density at radius 3 is 2.61 bits per heavy atom. The summed E-state index contributed by atoms with van der Waals surface area (Å²) in [5.41, 5.74) is 2.49. The first-order chi connectivity index (χ1) is 8.54. The number of nitrogens with one attached hydrogen (secondary N) is 1. The standard InChI is InChI=1S/C9H15N5O2S2/c1-17-9-11-7(13-10)6-8(12-9)14-2-4-18(15,16)5-3-14/h6H,2-5,10H2,1H3,(H,11,12,13). The molecule has 100 valence electrons. The fourth-order valence-corrected chi connectivity index (χ4v) is 3.26. The average Bonchev–Trinajstić information content (AvgIpc) is 2.38. The summed E-state index contributed by atoms with van der Waals surface area (Å²) in [6, 6.07) is 1.72. The van der Waals surface area contributed by atoms with E-state index < -0.39 is 9.84 Å². The number of sulfone groups is 1. The Morgan fingerprint density at radius 1 is 1.39 bits per heavy atom. The molecule has 9 heteroatoms. The van der Waals surface area contributed by atoms with Gasteiger partial charge in [-0.15, -0.1) is 0 Å². The highest BCUT2D eigenvalue weighted by Gasteiger charge is 2.23. The van der Waals surface area contributed by atoms with Crippen molar-refractivity contribution in [2.75, 3.05) is 41.2 Å². The minimum absolute atomic E-state index is 0.164. The molecule has 0 unspecified atom stereocenters.